The molecule has 6 nitrogen and oxygen atoms in total. The van der Waals surface area contributed by atoms with Gasteiger partial charge in [-0.2, -0.15) is 0 Å². The van der Waals surface area contributed by atoms with Crippen LogP contribution in [0.15, 0.2) is 16.7 Å². The number of nitrogens with zero attached hydrogens (tertiary/aromatic N) is 3. The van der Waals surface area contributed by atoms with Crippen molar-refractivity contribution in [3.05, 3.63) is 26.9 Å². The third kappa shape index (κ3) is 4.64. The van der Waals surface area contributed by atoms with Gasteiger partial charge in [0.1, 0.15) is 0 Å². The predicted octanol–water partition coefficient (Wildman–Crippen LogP) is 4.17. The van der Waals surface area contributed by atoms with Crippen molar-refractivity contribution in [1.82, 2.24) is 4.98 Å². The topological polar surface area (TPSA) is 68.5 Å². The first kappa shape index (κ1) is 18.1. The number of nitro groups is 1. The van der Waals surface area contributed by atoms with E-state index in [1.165, 1.54) is 6.07 Å². The number of halogens is 1. The lowest BCUT2D eigenvalue weighted by atomic mass is 9.91. The lowest BCUT2D eigenvalue weighted by molar-refractivity contribution is -0.384. The highest BCUT2D eigenvalue weighted by Gasteiger charge is 2.31. The van der Waals surface area contributed by atoms with Gasteiger partial charge in [-0.1, -0.05) is 13.8 Å². The lowest BCUT2D eigenvalue weighted by Crippen LogP contribution is -2.42. The highest BCUT2D eigenvalue weighted by atomic mass is 79.9. The quantitative estimate of drug-likeness (QED) is 0.542. The largest absolute Gasteiger partial charge is 0.381 e. The second kappa shape index (κ2) is 8.06. The molecule has 1 aliphatic rings. The average Bonchev–Trinajstić information content (AvgIpc) is 2.52. The molecular formula is C16H24BrN3O3. The van der Waals surface area contributed by atoms with E-state index in [0.717, 1.165) is 32.2 Å². The number of hydrogen-bond acceptors (Lipinski definition) is 5. The minimum Gasteiger partial charge on any atom is -0.381 e. The van der Waals surface area contributed by atoms with Crippen molar-refractivity contribution in [2.75, 3.05) is 18.6 Å². The van der Waals surface area contributed by atoms with Crippen LogP contribution in [0.1, 0.15) is 39.5 Å². The van der Waals surface area contributed by atoms with Gasteiger partial charge >= 0.3 is 5.69 Å². The average molecular weight is 386 g/mol. The Morgan fingerprint density at radius 3 is 2.61 bits per heavy atom. The standard InChI is InChI=1S/C16H24BrN3O3/c1-11(2)10-19(13-4-6-14(23-3)7-5-13)16-15(20(21)22)8-12(17)9-18-16/h8-9,11,13-14H,4-7,10H2,1-3H3/t13-,14-. The predicted molar refractivity (Wildman–Crippen MR) is 93.8 cm³/mol. The molecule has 1 aromatic heterocycles. The van der Waals surface area contributed by atoms with E-state index in [-0.39, 0.29) is 16.7 Å². The van der Waals surface area contributed by atoms with E-state index in [0.29, 0.717) is 22.3 Å². The van der Waals surface area contributed by atoms with E-state index in [1.807, 2.05) is 0 Å². The summed E-state index contributed by atoms with van der Waals surface area (Å²) in [6.07, 6.45) is 5.86. The van der Waals surface area contributed by atoms with Gasteiger partial charge in [0.25, 0.3) is 0 Å². The van der Waals surface area contributed by atoms with Crippen LogP contribution in [0.25, 0.3) is 0 Å². The number of pyridine rings is 1. The van der Waals surface area contributed by atoms with Crippen LogP contribution in [0.3, 0.4) is 0 Å². The highest BCUT2D eigenvalue weighted by Crippen LogP contribution is 2.34. The van der Waals surface area contributed by atoms with Crippen molar-refractivity contribution in [1.29, 1.82) is 0 Å². The molecule has 0 atom stereocenters. The zero-order valence-electron chi connectivity index (χ0n) is 13.9. The second-order valence-electron chi connectivity index (χ2n) is 6.47. The van der Waals surface area contributed by atoms with E-state index in [2.05, 4.69) is 39.7 Å². The Bertz CT molecular complexity index is 545. The molecule has 0 N–H and O–H groups in total. The molecule has 1 aliphatic carbocycles. The van der Waals surface area contributed by atoms with Crippen LogP contribution in [0.5, 0.6) is 0 Å². The van der Waals surface area contributed by atoms with Crippen molar-refractivity contribution in [2.24, 2.45) is 5.92 Å². The van der Waals surface area contributed by atoms with E-state index in [1.54, 1.807) is 13.3 Å². The molecule has 0 saturated heterocycles. The van der Waals surface area contributed by atoms with E-state index >= 15 is 0 Å². The molecule has 0 aromatic carbocycles. The molecule has 0 radical (unpaired) electrons. The van der Waals surface area contributed by atoms with Crippen LogP contribution < -0.4 is 4.90 Å². The lowest BCUT2D eigenvalue weighted by Gasteiger charge is -2.38. The Morgan fingerprint density at radius 1 is 1.43 bits per heavy atom. The number of aromatic nitrogens is 1. The van der Waals surface area contributed by atoms with Gasteiger partial charge in [-0.25, -0.2) is 4.98 Å². The van der Waals surface area contributed by atoms with E-state index in [9.17, 15) is 10.1 Å². The minimum atomic E-state index is -0.346. The van der Waals surface area contributed by atoms with Crippen LogP contribution >= 0.6 is 15.9 Å². The number of methoxy groups -OCH3 is 1. The molecule has 128 valence electrons. The number of anilines is 1. The van der Waals surface area contributed by atoms with Crippen LogP contribution in [0.2, 0.25) is 0 Å². The van der Waals surface area contributed by atoms with E-state index < -0.39 is 0 Å². The molecule has 0 bridgehead atoms. The summed E-state index contributed by atoms with van der Waals surface area (Å²) >= 11 is 3.28. The van der Waals surface area contributed by atoms with Gasteiger partial charge in [-0.05, 0) is 47.5 Å². The molecule has 1 heterocycles. The zero-order valence-corrected chi connectivity index (χ0v) is 15.5. The molecule has 7 heteroatoms. The smallest absolute Gasteiger partial charge is 0.312 e. The van der Waals surface area contributed by atoms with Crippen LogP contribution in [-0.2, 0) is 4.74 Å². The SMILES string of the molecule is CO[C@H]1CC[C@H](N(CC(C)C)c2ncc(Br)cc2[N+](=O)[O-])CC1. The molecule has 0 unspecified atom stereocenters. The first-order valence-electron chi connectivity index (χ1n) is 8.01. The summed E-state index contributed by atoms with van der Waals surface area (Å²) in [6.45, 7) is 5.01. The van der Waals surface area contributed by atoms with Gasteiger partial charge < -0.3 is 9.64 Å². The summed E-state index contributed by atoms with van der Waals surface area (Å²) in [7, 11) is 1.75. The van der Waals surface area contributed by atoms with Gasteiger partial charge in [0.05, 0.1) is 11.0 Å². The van der Waals surface area contributed by atoms with Crippen molar-refractivity contribution in [2.45, 2.75) is 51.7 Å². The van der Waals surface area contributed by atoms with Crippen LogP contribution in [0.4, 0.5) is 11.5 Å². The second-order valence-corrected chi connectivity index (χ2v) is 7.38. The maximum Gasteiger partial charge on any atom is 0.312 e. The Hall–Kier alpha value is -1.21. The number of hydrogen-bond donors (Lipinski definition) is 0. The van der Waals surface area contributed by atoms with Crippen molar-refractivity contribution >= 4 is 27.4 Å². The maximum atomic E-state index is 11.4. The van der Waals surface area contributed by atoms with Gasteiger partial charge in [-0.15, -0.1) is 0 Å². The highest BCUT2D eigenvalue weighted by molar-refractivity contribution is 9.10. The summed E-state index contributed by atoms with van der Waals surface area (Å²) in [6, 6.07) is 1.81. The first-order chi connectivity index (χ1) is 10.9. The third-order valence-electron chi connectivity index (χ3n) is 4.26. The fraction of sp³-hybridized carbons (Fsp3) is 0.688. The Kier molecular flexibility index (Phi) is 6.35. The maximum absolute atomic E-state index is 11.4. The molecule has 1 saturated carbocycles. The fourth-order valence-corrected chi connectivity index (χ4v) is 3.49. The minimum absolute atomic E-state index is 0.0638. The molecule has 0 aliphatic heterocycles. The van der Waals surface area contributed by atoms with Gasteiger partial charge in [0.2, 0.25) is 5.82 Å². The molecule has 0 spiro atoms. The van der Waals surface area contributed by atoms with Crippen LogP contribution in [-0.4, -0.2) is 35.7 Å². The molecular weight excluding hydrogens is 362 g/mol. The van der Waals surface area contributed by atoms with Crippen molar-refractivity contribution in [3.63, 3.8) is 0 Å². The van der Waals surface area contributed by atoms with Crippen molar-refractivity contribution in [3.8, 4) is 0 Å². The van der Waals surface area contributed by atoms with Gasteiger partial charge in [0, 0.05) is 36.4 Å². The van der Waals surface area contributed by atoms with Crippen LogP contribution in [0, 0.1) is 16.0 Å². The first-order valence-corrected chi connectivity index (χ1v) is 8.81. The Balaban J connectivity index is 2.30. The Morgan fingerprint density at radius 2 is 2.09 bits per heavy atom. The normalized spacial score (nSPS) is 21.4. The summed E-state index contributed by atoms with van der Waals surface area (Å²) in [4.78, 5) is 17.6. The molecule has 0 amide bonds. The monoisotopic (exact) mass is 385 g/mol. The fourth-order valence-electron chi connectivity index (χ4n) is 3.17. The molecule has 1 aromatic rings. The summed E-state index contributed by atoms with van der Waals surface area (Å²) in [5, 5.41) is 11.4. The number of ether oxygens (including phenoxy) is 1. The third-order valence-corrected chi connectivity index (χ3v) is 4.70. The van der Waals surface area contributed by atoms with Gasteiger partial charge in [-0.3, -0.25) is 10.1 Å². The number of rotatable bonds is 6. The summed E-state index contributed by atoms with van der Waals surface area (Å²) < 4.78 is 6.06. The molecule has 1 fully saturated rings. The van der Waals surface area contributed by atoms with E-state index in [4.69, 9.17) is 4.74 Å². The molecule has 23 heavy (non-hydrogen) atoms. The summed E-state index contributed by atoms with van der Waals surface area (Å²) in [5.41, 5.74) is 0.0638. The molecule has 2 rings (SSSR count). The Labute approximate surface area is 145 Å². The van der Waals surface area contributed by atoms with Gasteiger partial charge in [0.15, 0.2) is 0 Å². The van der Waals surface area contributed by atoms with Crippen molar-refractivity contribution < 1.29 is 9.66 Å². The zero-order chi connectivity index (χ0) is 17.0. The summed E-state index contributed by atoms with van der Waals surface area (Å²) in [5.74, 6) is 0.882.